The van der Waals surface area contributed by atoms with Crippen LogP contribution in [0.1, 0.15) is 86.1 Å². The van der Waals surface area contributed by atoms with E-state index < -0.39 is 0 Å². The summed E-state index contributed by atoms with van der Waals surface area (Å²) in [5.74, 6) is 3.01. The molecule has 1 aliphatic heterocycles. The van der Waals surface area contributed by atoms with Crippen molar-refractivity contribution >= 4 is 5.91 Å². The van der Waals surface area contributed by atoms with E-state index in [1.807, 2.05) is 21.2 Å². The molecule has 0 saturated heterocycles. The highest BCUT2D eigenvalue weighted by Gasteiger charge is 2.37. The lowest BCUT2D eigenvalue weighted by Crippen LogP contribution is -2.43. The van der Waals surface area contributed by atoms with Gasteiger partial charge in [0.25, 0.3) is 5.91 Å². The highest BCUT2D eigenvalue weighted by atomic mass is 16.2. The SMILES string of the molecule is CCCn1ncc(C(=O)N2CCn3nc(C4CC4)nc3[C@@H]2CC(C)C)c1C. The molecule has 1 saturated carbocycles. The van der Waals surface area contributed by atoms with Crippen molar-refractivity contribution in [1.82, 2.24) is 29.4 Å². The van der Waals surface area contributed by atoms with Gasteiger partial charge in [0.1, 0.15) is 5.82 Å². The average molecular weight is 371 g/mol. The van der Waals surface area contributed by atoms with Crippen molar-refractivity contribution in [3.05, 3.63) is 29.1 Å². The standard InChI is InChI=1S/C20H30N6O/c1-5-8-25-14(4)16(12-21-25)20(27)24-9-10-26-19(17(24)11-13(2)3)22-18(23-26)15-6-7-15/h12-13,15,17H,5-11H2,1-4H3/t17-/m0/s1. The maximum Gasteiger partial charge on any atom is 0.258 e. The minimum absolute atomic E-state index is 0.0137. The second-order valence-electron chi connectivity index (χ2n) is 8.34. The lowest BCUT2D eigenvalue weighted by molar-refractivity contribution is 0.0577. The van der Waals surface area contributed by atoms with Crippen molar-refractivity contribution in [2.75, 3.05) is 6.54 Å². The van der Waals surface area contributed by atoms with Gasteiger partial charge in [-0.25, -0.2) is 9.67 Å². The molecule has 2 aromatic rings. The first-order chi connectivity index (χ1) is 13.0. The van der Waals surface area contributed by atoms with Crippen LogP contribution in [0.15, 0.2) is 6.20 Å². The van der Waals surface area contributed by atoms with Gasteiger partial charge in [-0.15, -0.1) is 0 Å². The second kappa shape index (κ2) is 7.09. The van der Waals surface area contributed by atoms with Gasteiger partial charge >= 0.3 is 0 Å². The molecule has 7 heteroatoms. The monoisotopic (exact) mass is 370 g/mol. The molecule has 4 rings (SSSR count). The first-order valence-electron chi connectivity index (χ1n) is 10.3. The predicted molar refractivity (Wildman–Crippen MR) is 102 cm³/mol. The Morgan fingerprint density at radius 3 is 2.74 bits per heavy atom. The predicted octanol–water partition coefficient (Wildman–Crippen LogP) is 3.31. The highest BCUT2D eigenvalue weighted by Crippen LogP contribution is 2.40. The molecular formula is C20H30N6O. The minimum atomic E-state index is -0.0137. The summed E-state index contributed by atoms with van der Waals surface area (Å²) < 4.78 is 3.97. The van der Waals surface area contributed by atoms with Crippen LogP contribution in [0.4, 0.5) is 0 Å². The Morgan fingerprint density at radius 2 is 2.07 bits per heavy atom. The number of hydrogen-bond acceptors (Lipinski definition) is 4. The number of amides is 1. The van der Waals surface area contributed by atoms with Gasteiger partial charge in [0.05, 0.1) is 24.3 Å². The zero-order valence-electron chi connectivity index (χ0n) is 16.9. The molecule has 0 aromatic carbocycles. The maximum absolute atomic E-state index is 13.4. The second-order valence-corrected chi connectivity index (χ2v) is 8.34. The van der Waals surface area contributed by atoms with Crippen LogP contribution in [0.2, 0.25) is 0 Å². The van der Waals surface area contributed by atoms with E-state index in [1.165, 1.54) is 12.8 Å². The number of rotatable bonds is 6. The third-order valence-corrected chi connectivity index (χ3v) is 5.61. The van der Waals surface area contributed by atoms with Gasteiger partial charge < -0.3 is 4.90 Å². The summed E-state index contributed by atoms with van der Waals surface area (Å²) >= 11 is 0. The molecule has 2 aromatic heterocycles. The Labute approximate surface area is 160 Å². The van der Waals surface area contributed by atoms with Crippen molar-refractivity contribution in [3.8, 4) is 0 Å². The van der Waals surface area contributed by atoms with Crippen LogP contribution in [-0.2, 0) is 13.1 Å². The number of carbonyl (C=O) groups excluding carboxylic acids is 1. The van der Waals surface area contributed by atoms with E-state index in [0.717, 1.165) is 43.3 Å². The van der Waals surface area contributed by atoms with Crippen molar-refractivity contribution < 1.29 is 4.79 Å². The topological polar surface area (TPSA) is 68.8 Å². The molecule has 0 bridgehead atoms. The third kappa shape index (κ3) is 3.39. The van der Waals surface area contributed by atoms with Gasteiger partial charge in [-0.2, -0.15) is 10.2 Å². The van der Waals surface area contributed by atoms with E-state index in [9.17, 15) is 4.79 Å². The first-order valence-corrected chi connectivity index (χ1v) is 10.3. The lowest BCUT2D eigenvalue weighted by atomic mass is 9.99. The van der Waals surface area contributed by atoms with Crippen LogP contribution in [0.3, 0.4) is 0 Å². The van der Waals surface area contributed by atoms with Crippen molar-refractivity contribution in [1.29, 1.82) is 0 Å². The fourth-order valence-corrected chi connectivity index (χ4v) is 3.97. The molecule has 2 aliphatic rings. The molecule has 0 N–H and O–H groups in total. The molecule has 146 valence electrons. The first kappa shape index (κ1) is 18.2. The zero-order chi connectivity index (χ0) is 19.1. The molecule has 0 unspecified atom stereocenters. The van der Waals surface area contributed by atoms with E-state index in [0.29, 0.717) is 23.9 Å². The van der Waals surface area contributed by atoms with Gasteiger partial charge in [0.2, 0.25) is 0 Å². The largest absolute Gasteiger partial charge is 0.326 e. The van der Waals surface area contributed by atoms with E-state index in [4.69, 9.17) is 10.1 Å². The van der Waals surface area contributed by atoms with E-state index in [1.54, 1.807) is 6.20 Å². The van der Waals surface area contributed by atoms with Gasteiger partial charge in [0, 0.05) is 24.7 Å². The molecule has 7 nitrogen and oxygen atoms in total. The summed E-state index contributed by atoms with van der Waals surface area (Å²) in [6, 6.07) is -0.0137. The van der Waals surface area contributed by atoms with Crippen LogP contribution in [-0.4, -0.2) is 41.9 Å². The smallest absolute Gasteiger partial charge is 0.258 e. The lowest BCUT2D eigenvalue weighted by Gasteiger charge is -2.36. The van der Waals surface area contributed by atoms with Crippen LogP contribution >= 0.6 is 0 Å². The summed E-state index contributed by atoms with van der Waals surface area (Å²) in [6.45, 7) is 10.7. The highest BCUT2D eigenvalue weighted by molar-refractivity contribution is 5.95. The number of carbonyl (C=O) groups is 1. The summed E-state index contributed by atoms with van der Waals surface area (Å²) in [6.07, 6.45) is 6.02. The third-order valence-electron chi connectivity index (χ3n) is 5.61. The summed E-state index contributed by atoms with van der Waals surface area (Å²) in [4.78, 5) is 20.3. The average Bonchev–Trinajstić information content (AvgIpc) is 3.29. The number of aromatic nitrogens is 5. The van der Waals surface area contributed by atoms with Gasteiger partial charge in [-0.3, -0.25) is 9.48 Å². The molecule has 1 amide bonds. The van der Waals surface area contributed by atoms with Gasteiger partial charge in [-0.05, 0) is 38.5 Å². The summed E-state index contributed by atoms with van der Waals surface area (Å²) in [5.41, 5.74) is 1.67. The number of aryl methyl sites for hydroxylation is 1. The zero-order valence-corrected chi connectivity index (χ0v) is 16.9. The molecule has 0 radical (unpaired) electrons. The van der Waals surface area contributed by atoms with Crippen LogP contribution in [0, 0.1) is 12.8 Å². The van der Waals surface area contributed by atoms with Crippen LogP contribution < -0.4 is 0 Å². The molecule has 27 heavy (non-hydrogen) atoms. The quantitative estimate of drug-likeness (QED) is 0.782. The van der Waals surface area contributed by atoms with Crippen LogP contribution in [0.25, 0.3) is 0 Å². The minimum Gasteiger partial charge on any atom is -0.326 e. The van der Waals surface area contributed by atoms with Crippen molar-refractivity contribution in [2.24, 2.45) is 5.92 Å². The Morgan fingerprint density at radius 1 is 1.30 bits per heavy atom. The summed E-state index contributed by atoms with van der Waals surface area (Å²) in [5, 5.41) is 9.16. The normalized spacial score (nSPS) is 19.6. The number of fused-ring (bicyclic) bond motifs is 1. The molecule has 1 aliphatic carbocycles. The van der Waals surface area contributed by atoms with E-state index in [-0.39, 0.29) is 11.9 Å². The Kier molecular flexibility index (Phi) is 4.78. The van der Waals surface area contributed by atoms with Gasteiger partial charge in [-0.1, -0.05) is 20.8 Å². The number of nitrogens with zero attached hydrogens (tertiary/aromatic N) is 6. The van der Waals surface area contributed by atoms with Crippen LogP contribution in [0.5, 0.6) is 0 Å². The maximum atomic E-state index is 13.4. The summed E-state index contributed by atoms with van der Waals surface area (Å²) in [7, 11) is 0. The Hall–Kier alpha value is -2.18. The van der Waals surface area contributed by atoms with Crippen molar-refractivity contribution in [3.63, 3.8) is 0 Å². The Balaban J connectivity index is 1.65. The molecule has 1 atom stereocenters. The molecule has 1 fully saturated rings. The fraction of sp³-hybridized carbons (Fsp3) is 0.700. The Bertz CT molecular complexity index is 832. The molecule has 3 heterocycles. The van der Waals surface area contributed by atoms with Gasteiger partial charge in [0.15, 0.2) is 5.82 Å². The van der Waals surface area contributed by atoms with E-state index in [2.05, 4.69) is 25.9 Å². The van der Waals surface area contributed by atoms with E-state index >= 15 is 0 Å². The molecule has 0 spiro atoms. The number of hydrogen-bond donors (Lipinski definition) is 0. The van der Waals surface area contributed by atoms with Crippen molar-refractivity contribution in [2.45, 2.75) is 78.4 Å². The molecular weight excluding hydrogens is 340 g/mol. The fourth-order valence-electron chi connectivity index (χ4n) is 3.97.